The molecule has 3 aromatic rings. The van der Waals surface area contributed by atoms with Crippen LogP contribution in [0.25, 0.3) is 5.69 Å². The number of likely N-dealkylation sites (tertiary alicyclic amines) is 1. The molecule has 1 aliphatic heterocycles. The van der Waals surface area contributed by atoms with Crippen LogP contribution in [0.15, 0.2) is 54.6 Å². The molecule has 7 nitrogen and oxygen atoms in total. The lowest BCUT2D eigenvalue weighted by atomic mass is 10.1. The number of benzene rings is 2. The Morgan fingerprint density at radius 2 is 1.83 bits per heavy atom. The number of para-hydroxylation sites is 1. The minimum absolute atomic E-state index is 0.0939. The molecule has 1 N–H and O–H groups in total. The normalized spacial score (nSPS) is 16.1. The third-order valence-corrected chi connectivity index (χ3v) is 5.45. The minimum atomic E-state index is -0.265. The van der Waals surface area contributed by atoms with Crippen molar-refractivity contribution in [2.24, 2.45) is 5.92 Å². The molecule has 0 aliphatic carbocycles. The Morgan fingerprint density at radius 3 is 2.57 bits per heavy atom. The highest BCUT2D eigenvalue weighted by Gasteiger charge is 2.30. The van der Waals surface area contributed by atoms with Crippen LogP contribution in [0.4, 0.5) is 0 Å². The maximum Gasteiger partial charge on any atom is 0.273 e. The van der Waals surface area contributed by atoms with Gasteiger partial charge in [-0.15, -0.1) is 5.10 Å². The lowest BCUT2D eigenvalue weighted by molar-refractivity contribution is -0.128. The molecule has 1 atom stereocenters. The van der Waals surface area contributed by atoms with Gasteiger partial charge in [-0.05, 0) is 31.5 Å². The van der Waals surface area contributed by atoms with Gasteiger partial charge < -0.3 is 10.2 Å². The summed E-state index contributed by atoms with van der Waals surface area (Å²) in [4.78, 5) is 26.9. The molecular weight excluding hydrogens is 378 g/mol. The highest BCUT2D eigenvalue weighted by Crippen LogP contribution is 2.20. The summed E-state index contributed by atoms with van der Waals surface area (Å²) in [5.41, 5.74) is 4.16. The van der Waals surface area contributed by atoms with Crippen LogP contribution in [-0.2, 0) is 11.3 Å². The molecule has 0 radical (unpaired) electrons. The largest absolute Gasteiger partial charge is 0.350 e. The monoisotopic (exact) mass is 403 g/mol. The minimum Gasteiger partial charge on any atom is -0.350 e. The average Bonchev–Trinajstić information content (AvgIpc) is 3.31. The van der Waals surface area contributed by atoms with E-state index in [0.29, 0.717) is 37.4 Å². The summed E-state index contributed by atoms with van der Waals surface area (Å²) in [5.74, 6) is -0.0449. The average molecular weight is 403 g/mol. The summed E-state index contributed by atoms with van der Waals surface area (Å²) in [6.07, 6.45) is 0.446. The van der Waals surface area contributed by atoms with Gasteiger partial charge in [-0.1, -0.05) is 53.2 Å². The van der Waals surface area contributed by atoms with Crippen molar-refractivity contribution in [2.45, 2.75) is 26.8 Å². The second-order valence-electron chi connectivity index (χ2n) is 7.81. The number of amides is 2. The second kappa shape index (κ2) is 8.49. The first-order valence-corrected chi connectivity index (χ1v) is 10.1. The number of hydrogen-bond donors (Lipinski definition) is 1. The SMILES string of the molecule is Cc1ccc(CN2CC(CNC(=O)c3nnn(-c4ccccc4)c3C)CC2=O)cc1. The molecule has 2 aromatic carbocycles. The molecule has 2 heterocycles. The van der Waals surface area contributed by atoms with Crippen LogP contribution >= 0.6 is 0 Å². The van der Waals surface area contributed by atoms with Crippen molar-refractivity contribution in [3.8, 4) is 5.69 Å². The Labute approximate surface area is 175 Å². The molecule has 30 heavy (non-hydrogen) atoms. The second-order valence-corrected chi connectivity index (χ2v) is 7.81. The summed E-state index contributed by atoms with van der Waals surface area (Å²) in [6.45, 7) is 5.55. The molecular formula is C23H25N5O2. The van der Waals surface area contributed by atoms with E-state index in [9.17, 15) is 9.59 Å². The van der Waals surface area contributed by atoms with Gasteiger partial charge in [0.15, 0.2) is 5.69 Å². The molecule has 0 bridgehead atoms. The Hall–Kier alpha value is -3.48. The van der Waals surface area contributed by atoms with Gasteiger partial charge in [0.05, 0.1) is 11.4 Å². The number of nitrogens with zero attached hydrogens (tertiary/aromatic N) is 4. The quantitative estimate of drug-likeness (QED) is 0.686. The third kappa shape index (κ3) is 4.25. The van der Waals surface area contributed by atoms with Crippen LogP contribution in [0.1, 0.15) is 33.7 Å². The Kier molecular flexibility index (Phi) is 5.61. The first kappa shape index (κ1) is 19.8. The molecule has 1 aromatic heterocycles. The van der Waals surface area contributed by atoms with Crippen LogP contribution in [0.2, 0.25) is 0 Å². The van der Waals surface area contributed by atoms with E-state index in [0.717, 1.165) is 11.3 Å². The number of aryl methyl sites for hydroxylation is 1. The predicted molar refractivity (Wildman–Crippen MR) is 113 cm³/mol. The summed E-state index contributed by atoms with van der Waals surface area (Å²) in [6, 6.07) is 17.8. The molecule has 7 heteroatoms. The molecule has 1 saturated heterocycles. The fourth-order valence-electron chi connectivity index (χ4n) is 3.73. The van der Waals surface area contributed by atoms with Gasteiger partial charge in [-0.25, -0.2) is 4.68 Å². The lowest BCUT2D eigenvalue weighted by Crippen LogP contribution is -2.31. The summed E-state index contributed by atoms with van der Waals surface area (Å²) >= 11 is 0. The van der Waals surface area contributed by atoms with E-state index in [1.54, 1.807) is 4.68 Å². The first-order chi connectivity index (χ1) is 14.5. The number of nitrogens with one attached hydrogen (secondary N) is 1. The fourth-order valence-corrected chi connectivity index (χ4v) is 3.73. The highest BCUT2D eigenvalue weighted by atomic mass is 16.2. The highest BCUT2D eigenvalue weighted by molar-refractivity contribution is 5.93. The van der Waals surface area contributed by atoms with Crippen LogP contribution in [0, 0.1) is 19.8 Å². The van der Waals surface area contributed by atoms with E-state index < -0.39 is 0 Å². The number of hydrogen-bond acceptors (Lipinski definition) is 4. The lowest BCUT2D eigenvalue weighted by Gasteiger charge is -2.17. The van der Waals surface area contributed by atoms with Crippen molar-refractivity contribution in [3.05, 3.63) is 77.1 Å². The first-order valence-electron chi connectivity index (χ1n) is 10.1. The zero-order chi connectivity index (χ0) is 21.1. The standard InChI is InChI=1S/C23H25N5O2/c1-16-8-10-18(11-9-16)14-27-15-19(12-21(27)29)13-24-23(30)22-17(2)28(26-25-22)20-6-4-3-5-7-20/h3-11,19H,12-15H2,1-2H3,(H,24,30). The van der Waals surface area contributed by atoms with Crippen molar-refractivity contribution in [2.75, 3.05) is 13.1 Å². The van der Waals surface area contributed by atoms with Crippen molar-refractivity contribution in [3.63, 3.8) is 0 Å². The maximum absolute atomic E-state index is 12.6. The Balaban J connectivity index is 1.34. The molecule has 154 valence electrons. The molecule has 0 spiro atoms. The summed E-state index contributed by atoms with van der Waals surface area (Å²) in [5, 5.41) is 11.1. The van der Waals surface area contributed by atoms with Crippen LogP contribution < -0.4 is 5.32 Å². The van der Waals surface area contributed by atoms with Gasteiger partial charge in [-0.2, -0.15) is 0 Å². The molecule has 2 amide bonds. The maximum atomic E-state index is 12.6. The fraction of sp³-hybridized carbons (Fsp3) is 0.304. The number of carbonyl (C=O) groups excluding carboxylic acids is 2. The zero-order valence-electron chi connectivity index (χ0n) is 17.2. The van der Waals surface area contributed by atoms with Gasteiger partial charge in [0, 0.05) is 32.0 Å². The number of carbonyl (C=O) groups is 2. The van der Waals surface area contributed by atoms with E-state index >= 15 is 0 Å². The van der Waals surface area contributed by atoms with E-state index in [4.69, 9.17) is 0 Å². The van der Waals surface area contributed by atoms with Gasteiger partial charge in [-0.3, -0.25) is 9.59 Å². The van der Waals surface area contributed by atoms with Gasteiger partial charge in [0.1, 0.15) is 0 Å². The summed E-state index contributed by atoms with van der Waals surface area (Å²) < 4.78 is 1.65. The van der Waals surface area contributed by atoms with E-state index in [1.807, 2.05) is 49.1 Å². The third-order valence-electron chi connectivity index (χ3n) is 5.45. The molecule has 4 rings (SSSR count). The predicted octanol–water partition coefficient (Wildman–Crippen LogP) is 2.66. The number of rotatable bonds is 6. The Morgan fingerprint density at radius 1 is 1.10 bits per heavy atom. The molecule has 0 saturated carbocycles. The van der Waals surface area contributed by atoms with Gasteiger partial charge in [0.25, 0.3) is 5.91 Å². The van der Waals surface area contributed by atoms with E-state index in [-0.39, 0.29) is 17.7 Å². The van der Waals surface area contributed by atoms with Gasteiger partial charge in [0.2, 0.25) is 5.91 Å². The van der Waals surface area contributed by atoms with Crippen LogP contribution in [0.3, 0.4) is 0 Å². The van der Waals surface area contributed by atoms with Crippen LogP contribution in [0.5, 0.6) is 0 Å². The van der Waals surface area contributed by atoms with Crippen molar-refractivity contribution < 1.29 is 9.59 Å². The van der Waals surface area contributed by atoms with E-state index in [2.05, 4.69) is 39.9 Å². The smallest absolute Gasteiger partial charge is 0.273 e. The van der Waals surface area contributed by atoms with Crippen molar-refractivity contribution in [1.82, 2.24) is 25.2 Å². The van der Waals surface area contributed by atoms with Crippen LogP contribution in [-0.4, -0.2) is 44.8 Å². The van der Waals surface area contributed by atoms with Crippen molar-refractivity contribution in [1.29, 1.82) is 0 Å². The molecule has 1 aliphatic rings. The molecule has 1 unspecified atom stereocenters. The summed E-state index contributed by atoms with van der Waals surface area (Å²) in [7, 11) is 0. The number of aromatic nitrogens is 3. The Bertz CT molecular complexity index is 1040. The zero-order valence-corrected chi connectivity index (χ0v) is 17.2. The van der Waals surface area contributed by atoms with E-state index in [1.165, 1.54) is 5.56 Å². The topological polar surface area (TPSA) is 80.1 Å². The van der Waals surface area contributed by atoms with Crippen molar-refractivity contribution >= 4 is 11.8 Å². The molecule has 1 fully saturated rings. The van der Waals surface area contributed by atoms with Gasteiger partial charge >= 0.3 is 0 Å².